The lowest BCUT2D eigenvalue weighted by molar-refractivity contribution is 0.583. The second-order valence-corrected chi connectivity index (χ2v) is 5.18. The summed E-state index contributed by atoms with van der Waals surface area (Å²) in [5.41, 5.74) is 2.94. The monoisotopic (exact) mass is 266 g/mol. The van der Waals surface area contributed by atoms with Crippen molar-refractivity contribution in [1.82, 2.24) is 20.3 Å². The van der Waals surface area contributed by atoms with Crippen LogP contribution in [-0.2, 0) is 6.54 Å². The van der Waals surface area contributed by atoms with Gasteiger partial charge in [-0.1, -0.05) is 38.1 Å². The summed E-state index contributed by atoms with van der Waals surface area (Å²) in [6.07, 6.45) is 1.86. The molecule has 0 saturated heterocycles. The number of rotatable bonds is 4. The fraction of sp³-hybridized carbons (Fsp3) is 0.250. The second kappa shape index (κ2) is 5.43. The first kappa shape index (κ1) is 12.8. The number of nitrogens with zero attached hydrogens (tertiary/aromatic N) is 2. The lowest BCUT2D eigenvalue weighted by Crippen LogP contribution is -2.21. The van der Waals surface area contributed by atoms with E-state index in [1.54, 1.807) is 0 Å². The maximum absolute atomic E-state index is 4.64. The van der Waals surface area contributed by atoms with Gasteiger partial charge in [0.2, 0.25) is 0 Å². The van der Waals surface area contributed by atoms with Crippen LogP contribution in [0.25, 0.3) is 22.4 Å². The zero-order chi connectivity index (χ0) is 13.9. The average molecular weight is 266 g/mol. The molecular weight excluding hydrogens is 248 g/mol. The highest BCUT2D eigenvalue weighted by Gasteiger charge is 2.06. The minimum Gasteiger partial charge on any atom is -0.339 e. The molecule has 0 atom stereocenters. The van der Waals surface area contributed by atoms with Crippen LogP contribution >= 0.6 is 0 Å². The van der Waals surface area contributed by atoms with Crippen molar-refractivity contribution in [2.45, 2.75) is 26.4 Å². The Labute approximate surface area is 118 Å². The Bertz CT molecular complexity index is 715. The molecule has 0 amide bonds. The van der Waals surface area contributed by atoms with Gasteiger partial charge in [-0.25, -0.2) is 9.97 Å². The summed E-state index contributed by atoms with van der Waals surface area (Å²) < 4.78 is 0. The highest BCUT2D eigenvalue weighted by atomic mass is 15.0. The number of hydrogen-bond donors (Lipinski definition) is 2. The molecule has 2 aromatic heterocycles. The molecule has 0 spiro atoms. The van der Waals surface area contributed by atoms with Crippen molar-refractivity contribution >= 4 is 10.9 Å². The van der Waals surface area contributed by atoms with Crippen molar-refractivity contribution in [2.24, 2.45) is 0 Å². The quantitative estimate of drug-likeness (QED) is 0.763. The van der Waals surface area contributed by atoms with E-state index in [0.29, 0.717) is 6.04 Å². The summed E-state index contributed by atoms with van der Waals surface area (Å²) in [5.74, 6) is 0.816. The highest BCUT2D eigenvalue weighted by Crippen LogP contribution is 2.18. The third-order valence-electron chi connectivity index (χ3n) is 3.17. The van der Waals surface area contributed by atoms with E-state index >= 15 is 0 Å². The van der Waals surface area contributed by atoms with Crippen molar-refractivity contribution in [2.75, 3.05) is 0 Å². The van der Waals surface area contributed by atoms with Crippen molar-refractivity contribution in [3.8, 4) is 11.5 Å². The lowest BCUT2D eigenvalue weighted by Gasteiger charge is -2.05. The van der Waals surface area contributed by atoms with Gasteiger partial charge in [0.25, 0.3) is 0 Å². The number of nitrogens with one attached hydrogen (secondary N) is 2. The zero-order valence-electron chi connectivity index (χ0n) is 11.7. The van der Waals surface area contributed by atoms with Gasteiger partial charge in [-0.05, 0) is 12.1 Å². The molecule has 0 aliphatic heterocycles. The van der Waals surface area contributed by atoms with Crippen LogP contribution in [0.3, 0.4) is 0 Å². The third kappa shape index (κ3) is 2.70. The van der Waals surface area contributed by atoms with Crippen LogP contribution in [-0.4, -0.2) is 21.0 Å². The normalized spacial score (nSPS) is 11.3. The maximum atomic E-state index is 4.64. The molecular formula is C16H18N4. The SMILES string of the molecule is CC(C)NCc1cnc(-c2ccc3ccccc3n2)[nH]1. The van der Waals surface area contributed by atoms with E-state index in [9.17, 15) is 0 Å². The van der Waals surface area contributed by atoms with Crippen LogP contribution in [0.5, 0.6) is 0 Å². The molecule has 4 nitrogen and oxygen atoms in total. The number of aromatic nitrogens is 3. The molecule has 0 bridgehead atoms. The topological polar surface area (TPSA) is 53.6 Å². The van der Waals surface area contributed by atoms with E-state index in [1.807, 2.05) is 30.5 Å². The van der Waals surface area contributed by atoms with Crippen molar-refractivity contribution in [3.63, 3.8) is 0 Å². The molecule has 3 rings (SSSR count). The second-order valence-electron chi connectivity index (χ2n) is 5.18. The summed E-state index contributed by atoms with van der Waals surface area (Å²) in [6, 6.07) is 12.6. The average Bonchev–Trinajstić information content (AvgIpc) is 2.93. The number of benzene rings is 1. The number of hydrogen-bond acceptors (Lipinski definition) is 3. The molecule has 0 unspecified atom stereocenters. The standard InChI is InChI=1S/C16H18N4/c1-11(2)17-9-13-10-18-16(19-13)15-8-7-12-5-3-4-6-14(12)20-15/h3-8,10-11,17H,9H2,1-2H3,(H,18,19). The van der Waals surface area contributed by atoms with Gasteiger partial charge < -0.3 is 10.3 Å². The molecule has 1 aromatic carbocycles. The summed E-state index contributed by atoms with van der Waals surface area (Å²) >= 11 is 0. The Balaban J connectivity index is 1.87. The van der Waals surface area contributed by atoms with Gasteiger partial charge in [0, 0.05) is 23.7 Å². The predicted octanol–water partition coefficient (Wildman–Crippen LogP) is 3.12. The molecule has 102 valence electrons. The van der Waals surface area contributed by atoms with E-state index < -0.39 is 0 Å². The largest absolute Gasteiger partial charge is 0.339 e. The van der Waals surface area contributed by atoms with Gasteiger partial charge in [0.05, 0.1) is 11.7 Å². The summed E-state index contributed by atoms with van der Waals surface area (Å²) in [5, 5.41) is 4.51. The smallest absolute Gasteiger partial charge is 0.156 e. The summed E-state index contributed by atoms with van der Waals surface area (Å²) in [7, 11) is 0. The Morgan fingerprint density at radius 2 is 2.00 bits per heavy atom. The van der Waals surface area contributed by atoms with Crippen LogP contribution in [0.2, 0.25) is 0 Å². The number of para-hydroxylation sites is 1. The zero-order valence-corrected chi connectivity index (χ0v) is 11.7. The van der Waals surface area contributed by atoms with Gasteiger partial charge in [-0.3, -0.25) is 0 Å². The fourth-order valence-electron chi connectivity index (χ4n) is 2.09. The first-order chi connectivity index (χ1) is 9.72. The number of aromatic amines is 1. The molecule has 0 aliphatic rings. The summed E-state index contributed by atoms with van der Waals surface area (Å²) in [4.78, 5) is 12.4. The van der Waals surface area contributed by atoms with Crippen LogP contribution in [0.4, 0.5) is 0 Å². The van der Waals surface area contributed by atoms with E-state index in [1.165, 1.54) is 0 Å². The van der Waals surface area contributed by atoms with Gasteiger partial charge in [-0.2, -0.15) is 0 Å². The highest BCUT2D eigenvalue weighted by molar-refractivity contribution is 5.80. The number of imidazole rings is 1. The first-order valence-corrected chi connectivity index (χ1v) is 6.86. The Morgan fingerprint density at radius 1 is 1.15 bits per heavy atom. The van der Waals surface area contributed by atoms with E-state index in [2.05, 4.69) is 46.2 Å². The minimum absolute atomic E-state index is 0.459. The van der Waals surface area contributed by atoms with Crippen molar-refractivity contribution < 1.29 is 0 Å². The van der Waals surface area contributed by atoms with Gasteiger partial charge in [0.15, 0.2) is 5.82 Å². The first-order valence-electron chi connectivity index (χ1n) is 6.86. The fourth-order valence-corrected chi connectivity index (χ4v) is 2.09. The molecule has 2 N–H and O–H groups in total. The molecule has 3 aromatic rings. The van der Waals surface area contributed by atoms with Crippen LogP contribution in [0, 0.1) is 0 Å². The van der Waals surface area contributed by atoms with Gasteiger partial charge in [-0.15, -0.1) is 0 Å². The molecule has 4 heteroatoms. The van der Waals surface area contributed by atoms with Gasteiger partial charge >= 0.3 is 0 Å². The maximum Gasteiger partial charge on any atom is 0.156 e. The number of H-pyrrole nitrogens is 1. The van der Waals surface area contributed by atoms with Crippen LogP contribution in [0.1, 0.15) is 19.5 Å². The Kier molecular flexibility index (Phi) is 3.48. The molecule has 0 fully saturated rings. The van der Waals surface area contributed by atoms with E-state index in [4.69, 9.17) is 0 Å². The van der Waals surface area contributed by atoms with E-state index in [0.717, 1.165) is 34.7 Å². The third-order valence-corrected chi connectivity index (χ3v) is 3.17. The Morgan fingerprint density at radius 3 is 2.85 bits per heavy atom. The molecule has 0 aliphatic carbocycles. The molecule has 0 saturated carbocycles. The number of pyridine rings is 1. The molecule has 0 radical (unpaired) electrons. The molecule has 20 heavy (non-hydrogen) atoms. The molecule has 2 heterocycles. The van der Waals surface area contributed by atoms with Crippen molar-refractivity contribution in [3.05, 3.63) is 48.3 Å². The number of fused-ring (bicyclic) bond motifs is 1. The Hall–Kier alpha value is -2.20. The summed E-state index contributed by atoms with van der Waals surface area (Å²) in [6.45, 7) is 5.04. The lowest BCUT2D eigenvalue weighted by atomic mass is 10.2. The predicted molar refractivity (Wildman–Crippen MR) is 81.3 cm³/mol. The van der Waals surface area contributed by atoms with Gasteiger partial charge in [0.1, 0.15) is 5.69 Å². The van der Waals surface area contributed by atoms with Crippen molar-refractivity contribution in [1.29, 1.82) is 0 Å². The van der Waals surface area contributed by atoms with E-state index in [-0.39, 0.29) is 0 Å². The van der Waals surface area contributed by atoms with Crippen LogP contribution < -0.4 is 5.32 Å². The van der Waals surface area contributed by atoms with Crippen LogP contribution in [0.15, 0.2) is 42.6 Å². The minimum atomic E-state index is 0.459.